The first kappa shape index (κ1) is 16.5. The summed E-state index contributed by atoms with van der Waals surface area (Å²) in [6, 6.07) is 7.23. The highest BCUT2D eigenvalue weighted by atomic mass is 35.5. The van der Waals surface area contributed by atoms with E-state index >= 15 is 0 Å². The molecule has 0 radical (unpaired) electrons. The number of benzene rings is 1. The third-order valence-corrected chi connectivity index (χ3v) is 5.89. The highest BCUT2D eigenvalue weighted by Crippen LogP contribution is 2.58. The number of aliphatic carboxylic acids is 1. The number of halogens is 2. The van der Waals surface area contributed by atoms with E-state index in [4.69, 9.17) is 35.4 Å². The first-order valence-electron chi connectivity index (χ1n) is 7.14. The number of hydrogen-bond donors (Lipinski definition) is 2. The van der Waals surface area contributed by atoms with Crippen molar-refractivity contribution in [2.45, 2.75) is 30.7 Å². The van der Waals surface area contributed by atoms with Gasteiger partial charge in [0.1, 0.15) is 11.7 Å². The van der Waals surface area contributed by atoms with Gasteiger partial charge in [-0.15, -0.1) is 11.6 Å². The van der Waals surface area contributed by atoms with E-state index in [0.29, 0.717) is 22.6 Å². The Morgan fingerprint density at radius 1 is 1.48 bits per heavy atom. The van der Waals surface area contributed by atoms with Crippen molar-refractivity contribution in [2.75, 3.05) is 0 Å². The molecule has 0 spiro atoms. The third-order valence-electron chi connectivity index (χ3n) is 4.45. The number of nitrogens with zero attached hydrogens (tertiary/aromatic N) is 2. The number of carboxylic acids is 1. The summed E-state index contributed by atoms with van der Waals surface area (Å²) in [6.45, 7) is 0.121. The summed E-state index contributed by atoms with van der Waals surface area (Å²) in [5.74, 6) is -0.957. The van der Waals surface area contributed by atoms with E-state index in [1.54, 1.807) is 10.7 Å². The Labute approximate surface area is 148 Å². The number of nitrogens with one attached hydrogen (secondary N) is 1. The summed E-state index contributed by atoms with van der Waals surface area (Å²) < 4.78 is 1.85. The zero-order chi connectivity index (χ0) is 16.7. The second-order valence-electron chi connectivity index (χ2n) is 5.88. The van der Waals surface area contributed by atoms with Gasteiger partial charge in [0.15, 0.2) is 0 Å². The largest absolute Gasteiger partial charge is 0.481 e. The molecule has 23 heavy (non-hydrogen) atoms. The molecular weight excluding hydrogens is 357 g/mol. The predicted octanol–water partition coefficient (Wildman–Crippen LogP) is 3.68. The Hall–Kier alpha value is -1.37. The molecule has 2 aromatic rings. The fourth-order valence-electron chi connectivity index (χ4n) is 2.91. The van der Waals surface area contributed by atoms with Crippen LogP contribution in [0.3, 0.4) is 0 Å². The molecule has 8 heteroatoms. The summed E-state index contributed by atoms with van der Waals surface area (Å²) >= 11 is 18.0. The molecule has 0 unspecified atom stereocenters. The molecule has 1 aromatic carbocycles. The monoisotopic (exact) mass is 371 g/mol. The average molecular weight is 372 g/mol. The van der Waals surface area contributed by atoms with E-state index in [9.17, 15) is 9.90 Å². The fraction of sp³-hybridized carbons (Fsp3) is 0.400. The van der Waals surface area contributed by atoms with Crippen LogP contribution in [0.15, 0.2) is 30.6 Å². The molecular formula is C15H15Cl2N3O2S. The molecule has 122 valence electrons. The Kier molecular flexibility index (Phi) is 4.25. The maximum absolute atomic E-state index is 12.3. The summed E-state index contributed by atoms with van der Waals surface area (Å²) in [5.41, 5.74) is -0.459. The molecule has 1 atom stereocenters. The minimum Gasteiger partial charge on any atom is -0.481 e. The average Bonchev–Trinajstić information content (AvgIpc) is 3.14. The van der Waals surface area contributed by atoms with Crippen LogP contribution >= 0.6 is 35.4 Å². The molecule has 0 saturated heterocycles. The lowest BCUT2D eigenvalue weighted by Gasteiger charge is -2.34. The van der Waals surface area contributed by atoms with Gasteiger partial charge in [-0.3, -0.25) is 14.6 Å². The van der Waals surface area contributed by atoms with Crippen LogP contribution in [-0.2, 0) is 17.8 Å². The third kappa shape index (κ3) is 2.91. The van der Waals surface area contributed by atoms with Gasteiger partial charge in [-0.05, 0) is 43.1 Å². The van der Waals surface area contributed by atoms with Crippen LogP contribution in [0.2, 0.25) is 5.02 Å². The molecule has 0 bridgehead atoms. The normalized spacial score (nSPS) is 18.3. The first-order chi connectivity index (χ1) is 10.9. The summed E-state index contributed by atoms with van der Waals surface area (Å²) in [6.07, 6.45) is 2.96. The van der Waals surface area contributed by atoms with Crippen molar-refractivity contribution in [3.05, 3.63) is 45.9 Å². The van der Waals surface area contributed by atoms with Crippen molar-refractivity contribution >= 4 is 41.4 Å². The van der Waals surface area contributed by atoms with E-state index in [0.717, 1.165) is 5.56 Å². The van der Waals surface area contributed by atoms with E-state index in [2.05, 4.69) is 10.1 Å². The van der Waals surface area contributed by atoms with Gasteiger partial charge in [-0.1, -0.05) is 29.8 Å². The van der Waals surface area contributed by atoms with E-state index in [-0.39, 0.29) is 13.0 Å². The Morgan fingerprint density at radius 3 is 2.70 bits per heavy atom. The van der Waals surface area contributed by atoms with Crippen molar-refractivity contribution in [3.63, 3.8) is 0 Å². The lowest BCUT2D eigenvalue weighted by Crippen LogP contribution is -2.47. The Bertz CT molecular complexity index is 800. The number of aromatic nitrogens is 3. The van der Waals surface area contributed by atoms with Gasteiger partial charge in [-0.2, -0.15) is 0 Å². The number of aromatic amines is 1. The summed E-state index contributed by atoms with van der Waals surface area (Å²) in [7, 11) is 0. The van der Waals surface area contributed by atoms with Gasteiger partial charge in [0.2, 0.25) is 4.77 Å². The maximum Gasteiger partial charge on any atom is 0.313 e. The molecule has 0 aliphatic heterocycles. The van der Waals surface area contributed by atoms with Gasteiger partial charge in [0.25, 0.3) is 0 Å². The van der Waals surface area contributed by atoms with Gasteiger partial charge < -0.3 is 5.11 Å². The number of rotatable bonds is 6. The SMILES string of the molecule is O=C(O)[C@@](Cc1ccccc1Cl)(Cn1[nH]cnc1=S)C1(Cl)CC1. The summed E-state index contributed by atoms with van der Waals surface area (Å²) in [4.78, 5) is 15.4. The van der Waals surface area contributed by atoms with Crippen molar-refractivity contribution in [2.24, 2.45) is 5.41 Å². The van der Waals surface area contributed by atoms with Crippen LogP contribution in [0.1, 0.15) is 18.4 Å². The second-order valence-corrected chi connectivity index (χ2v) is 7.37. The fourth-order valence-corrected chi connectivity index (χ4v) is 3.58. The molecule has 5 nitrogen and oxygen atoms in total. The minimum absolute atomic E-state index is 0.121. The number of carbonyl (C=O) groups is 1. The predicted molar refractivity (Wildman–Crippen MR) is 90.5 cm³/mol. The van der Waals surface area contributed by atoms with Gasteiger partial charge in [-0.25, -0.2) is 4.98 Å². The van der Waals surface area contributed by atoms with Crippen LogP contribution in [0.4, 0.5) is 0 Å². The van der Waals surface area contributed by atoms with Crippen molar-refractivity contribution in [1.29, 1.82) is 0 Å². The first-order valence-corrected chi connectivity index (χ1v) is 8.30. The zero-order valence-electron chi connectivity index (χ0n) is 12.1. The molecule has 1 heterocycles. The van der Waals surface area contributed by atoms with Crippen LogP contribution in [0.25, 0.3) is 0 Å². The molecule has 2 N–H and O–H groups in total. The molecule has 1 aromatic heterocycles. The highest BCUT2D eigenvalue weighted by Gasteiger charge is 2.63. The number of hydrogen-bond acceptors (Lipinski definition) is 3. The smallest absolute Gasteiger partial charge is 0.313 e. The van der Waals surface area contributed by atoms with Gasteiger partial charge in [0.05, 0.1) is 11.4 Å². The quantitative estimate of drug-likeness (QED) is 0.600. The lowest BCUT2D eigenvalue weighted by molar-refractivity contribution is -0.151. The minimum atomic E-state index is -1.22. The van der Waals surface area contributed by atoms with E-state index < -0.39 is 16.3 Å². The van der Waals surface area contributed by atoms with Crippen molar-refractivity contribution < 1.29 is 9.90 Å². The van der Waals surface area contributed by atoms with Crippen LogP contribution in [0, 0.1) is 10.2 Å². The zero-order valence-corrected chi connectivity index (χ0v) is 14.5. The molecule has 1 aliphatic carbocycles. The van der Waals surface area contributed by atoms with Crippen LogP contribution in [-0.4, -0.2) is 30.7 Å². The number of H-pyrrole nitrogens is 1. The highest BCUT2D eigenvalue weighted by molar-refractivity contribution is 7.71. The van der Waals surface area contributed by atoms with Gasteiger partial charge >= 0.3 is 5.97 Å². The molecule has 1 fully saturated rings. The number of carboxylic acid groups (broad SMARTS) is 1. The molecule has 0 amide bonds. The van der Waals surface area contributed by atoms with Crippen LogP contribution < -0.4 is 0 Å². The topological polar surface area (TPSA) is 70.9 Å². The molecule has 1 aliphatic rings. The maximum atomic E-state index is 12.3. The van der Waals surface area contributed by atoms with Crippen molar-refractivity contribution in [3.8, 4) is 0 Å². The lowest BCUT2D eigenvalue weighted by atomic mass is 9.76. The standard InChI is InChI=1S/C15H15Cl2N3O2S/c16-11-4-2-1-3-10(11)7-14(12(21)22,15(17)5-6-15)8-20-13(23)18-9-19-20/h1-4,9H,5-8H2,(H,21,22)(H,18,19,23)/t14-/m1/s1. The van der Waals surface area contributed by atoms with E-state index in [1.807, 2.05) is 18.2 Å². The molecule has 3 rings (SSSR count). The van der Waals surface area contributed by atoms with Crippen LogP contribution in [0.5, 0.6) is 0 Å². The summed E-state index contributed by atoms with van der Waals surface area (Å²) in [5, 5.41) is 13.4. The van der Waals surface area contributed by atoms with Gasteiger partial charge in [0, 0.05) is 5.02 Å². The molecule has 1 saturated carbocycles. The van der Waals surface area contributed by atoms with E-state index in [1.165, 1.54) is 6.33 Å². The second kappa shape index (κ2) is 5.92. The Balaban J connectivity index is 2.06. The van der Waals surface area contributed by atoms with Crippen molar-refractivity contribution in [1.82, 2.24) is 14.8 Å². The Morgan fingerprint density at radius 2 is 2.17 bits per heavy atom. The number of alkyl halides is 1.